The molecule has 0 fully saturated rings. The van der Waals surface area contributed by atoms with Gasteiger partial charge in [0, 0.05) is 17.3 Å². The second-order valence-electron chi connectivity index (χ2n) is 5.52. The molecular weight excluding hydrogens is 368 g/mol. The minimum absolute atomic E-state index is 0.251. The van der Waals surface area contributed by atoms with Crippen LogP contribution in [-0.4, -0.2) is 10.9 Å². The van der Waals surface area contributed by atoms with Crippen molar-refractivity contribution in [1.29, 1.82) is 0 Å². The van der Waals surface area contributed by atoms with Gasteiger partial charge in [-0.3, -0.25) is 4.79 Å². The molecule has 0 atom stereocenters. The molecule has 0 bridgehead atoms. The van der Waals surface area contributed by atoms with Crippen molar-refractivity contribution in [2.75, 3.05) is 5.32 Å². The number of hydrogen-bond donors (Lipinski definition) is 1. The lowest BCUT2D eigenvalue weighted by Crippen LogP contribution is -2.07. The van der Waals surface area contributed by atoms with Crippen molar-refractivity contribution in [1.82, 2.24) is 4.98 Å². The van der Waals surface area contributed by atoms with Gasteiger partial charge in [-0.15, -0.1) is 11.3 Å². The SMILES string of the molecule is O=C(/C=C\c1ccco1)Nc1ccc(Cl)c(-c2nc3ccccc3s2)c1. The van der Waals surface area contributed by atoms with Crippen LogP contribution >= 0.6 is 22.9 Å². The van der Waals surface area contributed by atoms with Crippen LogP contribution in [0.15, 0.2) is 71.4 Å². The van der Waals surface area contributed by atoms with Crippen molar-refractivity contribution < 1.29 is 9.21 Å². The molecule has 2 aromatic heterocycles. The molecule has 2 heterocycles. The van der Waals surface area contributed by atoms with Gasteiger partial charge in [-0.2, -0.15) is 0 Å². The average molecular weight is 381 g/mol. The van der Waals surface area contributed by atoms with Crippen molar-refractivity contribution in [2.45, 2.75) is 0 Å². The summed E-state index contributed by atoms with van der Waals surface area (Å²) in [6.45, 7) is 0. The van der Waals surface area contributed by atoms with Crippen molar-refractivity contribution in [3.05, 3.63) is 77.7 Å². The molecule has 2 aromatic carbocycles. The zero-order valence-electron chi connectivity index (χ0n) is 13.5. The molecule has 26 heavy (non-hydrogen) atoms. The van der Waals surface area contributed by atoms with E-state index in [1.54, 1.807) is 47.9 Å². The molecule has 0 aliphatic heterocycles. The minimum Gasteiger partial charge on any atom is -0.465 e. The second-order valence-corrected chi connectivity index (χ2v) is 6.96. The maximum absolute atomic E-state index is 12.1. The molecule has 4 nitrogen and oxygen atoms in total. The van der Waals surface area contributed by atoms with E-state index in [0.717, 1.165) is 20.8 Å². The Hall–Kier alpha value is -2.89. The van der Waals surface area contributed by atoms with Crippen LogP contribution in [0.2, 0.25) is 5.02 Å². The van der Waals surface area contributed by atoms with E-state index in [1.807, 2.05) is 30.3 Å². The van der Waals surface area contributed by atoms with Crippen LogP contribution in [0.1, 0.15) is 5.76 Å². The quantitative estimate of drug-likeness (QED) is 0.451. The highest BCUT2D eigenvalue weighted by Gasteiger charge is 2.11. The van der Waals surface area contributed by atoms with Gasteiger partial charge in [-0.1, -0.05) is 23.7 Å². The van der Waals surface area contributed by atoms with E-state index < -0.39 is 0 Å². The van der Waals surface area contributed by atoms with Crippen LogP contribution in [0.25, 0.3) is 26.9 Å². The van der Waals surface area contributed by atoms with Crippen LogP contribution in [0.5, 0.6) is 0 Å². The number of benzene rings is 2. The Bertz CT molecular complexity index is 1070. The molecule has 0 radical (unpaired) electrons. The van der Waals surface area contributed by atoms with Gasteiger partial charge in [-0.25, -0.2) is 4.98 Å². The molecule has 1 amide bonds. The second kappa shape index (κ2) is 7.15. The highest BCUT2D eigenvalue weighted by atomic mass is 35.5. The van der Waals surface area contributed by atoms with Crippen LogP contribution in [0.4, 0.5) is 5.69 Å². The Morgan fingerprint density at radius 3 is 2.85 bits per heavy atom. The maximum atomic E-state index is 12.1. The van der Waals surface area contributed by atoms with Crippen LogP contribution in [-0.2, 0) is 4.79 Å². The van der Waals surface area contributed by atoms with Crippen molar-refractivity contribution in [3.63, 3.8) is 0 Å². The lowest BCUT2D eigenvalue weighted by Gasteiger charge is -2.06. The molecule has 4 aromatic rings. The van der Waals surface area contributed by atoms with Crippen molar-refractivity contribution in [2.24, 2.45) is 0 Å². The predicted octanol–water partition coefficient (Wildman–Crippen LogP) is 5.86. The molecule has 0 unspecified atom stereocenters. The number of nitrogens with one attached hydrogen (secondary N) is 1. The van der Waals surface area contributed by atoms with Crippen LogP contribution in [0, 0.1) is 0 Å². The van der Waals surface area contributed by atoms with Crippen LogP contribution in [0.3, 0.4) is 0 Å². The highest BCUT2D eigenvalue weighted by molar-refractivity contribution is 7.21. The number of fused-ring (bicyclic) bond motifs is 1. The Morgan fingerprint density at radius 2 is 2.04 bits per heavy atom. The number of thiazole rings is 1. The Morgan fingerprint density at radius 1 is 1.15 bits per heavy atom. The highest BCUT2D eigenvalue weighted by Crippen LogP contribution is 2.35. The number of carbonyl (C=O) groups excluding carboxylic acids is 1. The number of halogens is 1. The zero-order chi connectivity index (χ0) is 17.9. The Balaban J connectivity index is 1.58. The summed E-state index contributed by atoms with van der Waals surface area (Å²) in [6.07, 6.45) is 4.59. The summed E-state index contributed by atoms with van der Waals surface area (Å²) in [5.41, 5.74) is 2.37. The van der Waals surface area contributed by atoms with Gasteiger partial charge >= 0.3 is 0 Å². The monoisotopic (exact) mass is 380 g/mol. The first-order valence-corrected chi connectivity index (χ1v) is 9.06. The van der Waals surface area contributed by atoms with Gasteiger partial charge in [0.25, 0.3) is 0 Å². The van der Waals surface area contributed by atoms with Gasteiger partial charge in [0.15, 0.2) is 0 Å². The number of aromatic nitrogens is 1. The molecule has 0 saturated heterocycles. The van der Waals surface area contributed by atoms with E-state index in [4.69, 9.17) is 16.0 Å². The fourth-order valence-electron chi connectivity index (χ4n) is 2.48. The number of anilines is 1. The third kappa shape index (κ3) is 3.54. The third-order valence-corrected chi connectivity index (χ3v) is 5.10. The maximum Gasteiger partial charge on any atom is 0.248 e. The van der Waals surface area contributed by atoms with E-state index in [0.29, 0.717) is 16.5 Å². The van der Waals surface area contributed by atoms with E-state index in [1.165, 1.54) is 6.08 Å². The minimum atomic E-state index is -0.251. The Kier molecular flexibility index (Phi) is 4.56. The number of hydrogen-bond acceptors (Lipinski definition) is 4. The van der Waals surface area contributed by atoms with E-state index in [-0.39, 0.29) is 5.91 Å². The summed E-state index contributed by atoms with van der Waals surface area (Å²) < 4.78 is 6.26. The number of furan rings is 1. The van der Waals surface area contributed by atoms with Crippen molar-refractivity contribution >= 4 is 50.8 Å². The number of amides is 1. The van der Waals surface area contributed by atoms with Gasteiger partial charge in [0.2, 0.25) is 5.91 Å². The first kappa shape index (κ1) is 16.6. The molecule has 4 rings (SSSR count). The van der Waals surface area contributed by atoms with E-state index in [9.17, 15) is 4.79 Å². The van der Waals surface area contributed by atoms with Crippen molar-refractivity contribution in [3.8, 4) is 10.6 Å². The first-order valence-electron chi connectivity index (χ1n) is 7.87. The summed E-state index contributed by atoms with van der Waals surface area (Å²) in [5, 5.41) is 4.24. The normalized spacial score (nSPS) is 11.3. The van der Waals surface area contributed by atoms with Gasteiger partial charge in [0.05, 0.1) is 21.5 Å². The standard InChI is InChI=1S/C20H13ClN2O2S/c21-16-9-7-13(22-19(24)10-8-14-4-3-11-25-14)12-15(16)20-23-17-5-1-2-6-18(17)26-20/h1-12H,(H,22,24)/b10-8-. The number of carbonyl (C=O) groups is 1. The lowest BCUT2D eigenvalue weighted by molar-refractivity contribution is -0.111. The van der Waals surface area contributed by atoms with E-state index in [2.05, 4.69) is 10.3 Å². The summed E-state index contributed by atoms with van der Waals surface area (Å²) in [5.74, 6) is 0.366. The fraction of sp³-hybridized carbons (Fsp3) is 0. The van der Waals surface area contributed by atoms with E-state index >= 15 is 0 Å². The number of rotatable bonds is 4. The lowest BCUT2D eigenvalue weighted by atomic mass is 10.2. The molecule has 0 aliphatic carbocycles. The molecule has 0 saturated carbocycles. The molecule has 0 aliphatic rings. The fourth-order valence-corrected chi connectivity index (χ4v) is 3.74. The van der Waals surface area contributed by atoms with Gasteiger partial charge in [-0.05, 0) is 48.5 Å². The average Bonchev–Trinajstić information content (AvgIpc) is 3.31. The topological polar surface area (TPSA) is 55.1 Å². The number of para-hydroxylation sites is 1. The molecule has 6 heteroatoms. The summed E-state index contributed by atoms with van der Waals surface area (Å²) in [4.78, 5) is 16.7. The zero-order valence-corrected chi connectivity index (χ0v) is 15.1. The summed E-state index contributed by atoms with van der Waals surface area (Å²) in [6, 6.07) is 16.8. The molecular formula is C20H13ClN2O2S. The molecule has 0 spiro atoms. The predicted molar refractivity (Wildman–Crippen MR) is 106 cm³/mol. The third-order valence-electron chi connectivity index (χ3n) is 3.70. The molecule has 1 N–H and O–H groups in total. The largest absolute Gasteiger partial charge is 0.465 e. The van der Waals surface area contributed by atoms with Crippen LogP contribution < -0.4 is 5.32 Å². The summed E-state index contributed by atoms with van der Waals surface area (Å²) in [7, 11) is 0. The van der Waals surface area contributed by atoms with Gasteiger partial charge < -0.3 is 9.73 Å². The van der Waals surface area contributed by atoms with Gasteiger partial charge in [0.1, 0.15) is 10.8 Å². The Labute approximate surface area is 158 Å². The number of nitrogens with zero attached hydrogens (tertiary/aromatic N) is 1. The smallest absolute Gasteiger partial charge is 0.248 e. The molecule has 128 valence electrons. The first-order chi connectivity index (χ1) is 12.7. The summed E-state index contributed by atoms with van der Waals surface area (Å²) >= 11 is 7.92.